The van der Waals surface area contributed by atoms with Gasteiger partial charge in [-0.25, -0.2) is 9.37 Å². The van der Waals surface area contributed by atoms with E-state index in [0.29, 0.717) is 17.1 Å². The van der Waals surface area contributed by atoms with Gasteiger partial charge >= 0.3 is 0 Å². The Kier molecular flexibility index (Phi) is 3.22. The summed E-state index contributed by atoms with van der Waals surface area (Å²) in [5, 5.41) is 3.29. The molecule has 1 heterocycles. The summed E-state index contributed by atoms with van der Waals surface area (Å²) in [7, 11) is 1.80. The summed E-state index contributed by atoms with van der Waals surface area (Å²) in [5.41, 5.74) is 1.04. The summed E-state index contributed by atoms with van der Waals surface area (Å²) in [6.45, 7) is 0.582. The number of oxazole rings is 1. The van der Waals surface area contributed by atoms with Crippen LogP contribution in [0.2, 0.25) is 5.02 Å². The highest BCUT2D eigenvalue weighted by Crippen LogP contribution is 2.24. The fraction of sp³-hybridized carbons (Fsp3) is 0.182. The summed E-state index contributed by atoms with van der Waals surface area (Å²) in [4.78, 5) is 4.15. The zero-order valence-electron chi connectivity index (χ0n) is 8.63. The zero-order valence-corrected chi connectivity index (χ0v) is 9.38. The summed E-state index contributed by atoms with van der Waals surface area (Å²) in [6, 6.07) is 4.38. The third kappa shape index (κ3) is 2.23. The van der Waals surface area contributed by atoms with Crippen LogP contribution in [0.5, 0.6) is 0 Å². The zero-order chi connectivity index (χ0) is 11.5. The topological polar surface area (TPSA) is 38.1 Å². The Labute approximate surface area is 97.3 Å². The lowest BCUT2D eigenvalue weighted by atomic mass is 10.2. The van der Waals surface area contributed by atoms with Crippen molar-refractivity contribution in [3.63, 3.8) is 0 Å². The van der Waals surface area contributed by atoms with E-state index < -0.39 is 5.82 Å². The maximum Gasteiger partial charge on any atom is 0.229 e. The van der Waals surface area contributed by atoms with Crippen LogP contribution in [0.1, 0.15) is 5.69 Å². The molecule has 5 heteroatoms. The van der Waals surface area contributed by atoms with E-state index >= 15 is 0 Å². The first-order valence-corrected chi connectivity index (χ1v) is 5.13. The minimum absolute atomic E-state index is 0.263. The Morgan fingerprint density at radius 3 is 3.00 bits per heavy atom. The van der Waals surface area contributed by atoms with E-state index in [0.717, 1.165) is 5.69 Å². The molecule has 84 valence electrons. The lowest BCUT2D eigenvalue weighted by Crippen LogP contribution is -2.04. The number of hydrogen-bond acceptors (Lipinski definition) is 3. The number of benzene rings is 1. The summed E-state index contributed by atoms with van der Waals surface area (Å²) in [5.74, 6) is -0.176. The van der Waals surface area contributed by atoms with E-state index in [-0.39, 0.29) is 5.89 Å². The van der Waals surface area contributed by atoms with Gasteiger partial charge in [-0.2, -0.15) is 0 Å². The van der Waals surface area contributed by atoms with Gasteiger partial charge in [-0.3, -0.25) is 0 Å². The normalized spacial score (nSPS) is 10.7. The van der Waals surface area contributed by atoms with Crippen molar-refractivity contribution in [2.45, 2.75) is 6.54 Å². The number of hydrogen-bond donors (Lipinski definition) is 1. The average Bonchev–Trinajstić information content (AvgIpc) is 2.67. The number of nitrogens with zero attached hydrogens (tertiary/aromatic N) is 1. The van der Waals surface area contributed by atoms with Gasteiger partial charge in [0.25, 0.3) is 0 Å². The first-order chi connectivity index (χ1) is 7.70. The predicted octanol–water partition coefficient (Wildman–Crippen LogP) is 2.85. The van der Waals surface area contributed by atoms with Gasteiger partial charge in [0.05, 0.1) is 11.3 Å². The highest BCUT2D eigenvalue weighted by atomic mass is 35.5. The lowest BCUT2D eigenvalue weighted by Gasteiger charge is -1.98. The van der Waals surface area contributed by atoms with Crippen LogP contribution in [0.4, 0.5) is 4.39 Å². The first kappa shape index (κ1) is 11.1. The molecular formula is C11H10ClFN2O. The van der Waals surface area contributed by atoms with Gasteiger partial charge in [0.1, 0.15) is 12.1 Å². The van der Waals surface area contributed by atoms with Gasteiger partial charge in [-0.05, 0) is 25.2 Å². The highest BCUT2D eigenvalue weighted by molar-refractivity contribution is 6.30. The largest absolute Gasteiger partial charge is 0.444 e. The second-order valence-electron chi connectivity index (χ2n) is 3.30. The van der Waals surface area contributed by atoms with Crippen molar-refractivity contribution < 1.29 is 8.81 Å². The number of halogens is 2. The Morgan fingerprint density at radius 1 is 1.50 bits per heavy atom. The van der Waals surface area contributed by atoms with Crippen molar-refractivity contribution in [2.75, 3.05) is 7.05 Å². The van der Waals surface area contributed by atoms with E-state index in [4.69, 9.17) is 16.0 Å². The SMILES string of the molecule is CNCc1coc(-c2ccc(Cl)cc2F)n1. The molecule has 0 saturated carbocycles. The van der Waals surface area contributed by atoms with Crippen molar-refractivity contribution in [2.24, 2.45) is 0 Å². The van der Waals surface area contributed by atoms with Crippen molar-refractivity contribution >= 4 is 11.6 Å². The molecule has 0 aliphatic rings. The molecule has 0 bridgehead atoms. The van der Waals surface area contributed by atoms with Crippen molar-refractivity contribution in [3.8, 4) is 11.5 Å². The summed E-state index contributed by atoms with van der Waals surface area (Å²) in [6.07, 6.45) is 1.50. The maximum atomic E-state index is 13.5. The monoisotopic (exact) mass is 240 g/mol. The van der Waals surface area contributed by atoms with Gasteiger partial charge in [-0.15, -0.1) is 0 Å². The standard InChI is InChI=1S/C11H10ClFN2O/c1-14-5-8-6-16-11(15-8)9-3-2-7(12)4-10(9)13/h2-4,6,14H,5H2,1H3. The van der Waals surface area contributed by atoms with Crippen LogP contribution in [0, 0.1) is 5.82 Å². The molecule has 1 aromatic heterocycles. The van der Waals surface area contributed by atoms with E-state index in [1.54, 1.807) is 19.2 Å². The number of nitrogens with one attached hydrogen (secondary N) is 1. The summed E-state index contributed by atoms with van der Waals surface area (Å²) < 4.78 is 18.7. The maximum absolute atomic E-state index is 13.5. The van der Waals surface area contributed by atoms with E-state index in [1.807, 2.05) is 0 Å². The Hall–Kier alpha value is -1.39. The molecule has 0 amide bonds. The third-order valence-corrected chi connectivity index (χ3v) is 2.31. The molecule has 0 spiro atoms. The molecule has 16 heavy (non-hydrogen) atoms. The quantitative estimate of drug-likeness (QED) is 0.897. The Bertz CT molecular complexity index is 498. The molecule has 2 aromatic rings. The molecule has 0 atom stereocenters. The molecular weight excluding hydrogens is 231 g/mol. The predicted molar refractivity (Wildman–Crippen MR) is 59.7 cm³/mol. The smallest absolute Gasteiger partial charge is 0.229 e. The minimum atomic E-state index is -0.439. The Morgan fingerprint density at radius 2 is 2.31 bits per heavy atom. The fourth-order valence-electron chi connectivity index (χ4n) is 1.36. The number of rotatable bonds is 3. The van der Waals surface area contributed by atoms with E-state index in [9.17, 15) is 4.39 Å². The van der Waals surface area contributed by atoms with Crippen LogP contribution in [0.15, 0.2) is 28.9 Å². The fourth-order valence-corrected chi connectivity index (χ4v) is 1.51. The van der Waals surface area contributed by atoms with Gasteiger partial charge in [0, 0.05) is 11.6 Å². The first-order valence-electron chi connectivity index (χ1n) is 4.75. The average molecular weight is 241 g/mol. The molecule has 2 rings (SSSR count). The molecule has 3 nitrogen and oxygen atoms in total. The lowest BCUT2D eigenvalue weighted by molar-refractivity contribution is 0.560. The van der Waals surface area contributed by atoms with Crippen LogP contribution in [-0.4, -0.2) is 12.0 Å². The van der Waals surface area contributed by atoms with Crippen molar-refractivity contribution in [3.05, 3.63) is 41.0 Å². The van der Waals surface area contributed by atoms with E-state index in [2.05, 4.69) is 10.3 Å². The van der Waals surface area contributed by atoms with Crippen LogP contribution < -0.4 is 5.32 Å². The third-order valence-electron chi connectivity index (χ3n) is 2.07. The highest BCUT2D eigenvalue weighted by Gasteiger charge is 2.11. The molecule has 0 aliphatic heterocycles. The summed E-state index contributed by atoms with van der Waals surface area (Å²) >= 11 is 5.66. The van der Waals surface area contributed by atoms with Gasteiger partial charge < -0.3 is 9.73 Å². The second kappa shape index (κ2) is 4.63. The van der Waals surface area contributed by atoms with Crippen molar-refractivity contribution in [1.29, 1.82) is 0 Å². The van der Waals surface area contributed by atoms with Crippen LogP contribution >= 0.6 is 11.6 Å². The second-order valence-corrected chi connectivity index (χ2v) is 3.73. The molecule has 0 saturated heterocycles. The number of aromatic nitrogens is 1. The molecule has 1 aromatic carbocycles. The molecule has 1 N–H and O–H groups in total. The Balaban J connectivity index is 2.35. The molecule has 0 unspecified atom stereocenters. The van der Waals surface area contributed by atoms with Crippen LogP contribution in [-0.2, 0) is 6.54 Å². The molecule has 0 fully saturated rings. The van der Waals surface area contributed by atoms with E-state index in [1.165, 1.54) is 12.3 Å². The van der Waals surface area contributed by atoms with Crippen LogP contribution in [0.25, 0.3) is 11.5 Å². The van der Waals surface area contributed by atoms with Crippen molar-refractivity contribution in [1.82, 2.24) is 10.3 Å². The van der Waals surface area contributed by atoms with Gasteiger partial charge in [0.2, 0.25) is 5.89 Å². The molecule has 0 radical (unpaired) electrons. The van der Waals surface area contributed by atoms with Gasteiger partial charge in [0.15, 0.2) is 0 Å². The van der Waals surface area contributed by atoms with Gasteiger partial charge in [-0.1, -0.05) is 11.6 Å². The van der Waals surface area contributed by atoms with Crippen LogP contribution in [0.3, 0.4) is 0 Å². The minimum Gasteiger partial charge on any atom is -0.444 e. The molecule has 0 aliphatic carbocycles.